The van der Waals surface area contributed by atoms with Crippen molar-refractivity contribution in [2.24, 2.45) is 0 Å². The molecule has 2 aromatic rings. The van der Waals surface area contributed by atoms with E-state index in [1.54, 1.807) is 22.7 Å². The van der Waals surface area contributed by atoms with Crippen LogP contribution >= 0.6 is 22.7 Å². The van der Waals surface area contributed by atoms with Crippen molar-refractivity contribution in [3.05, 3.63) is 27.4 Å². The van der Waals surface area contributed by atoms with Crippen molar-refractivity contribution in [3.63, 3.8) is 0 Å². The van der Waals surface area contributed by atoms with Crippen LogP contribution in [0.1, 0.15) is 23.4 Å². The summed E-state index contributed by atoms with van der Waals surface area (Å²) >= 11 is 3.41. The second kappa shape index (κ2) is 5.34. The molecule has 0 saturated heterocycles. The number of hydrogen-bond acceptors (Lipinski definition) is 6. The van der Waals surface area contributed by atoms with Crippen molar-refractivity contribution in [1.29, 1.82) is 0 Å². The number of nitrogens with one attached hydrogen (secondary N) is 1. The van der Waals surface area contributed by atoms with Crippen LogP contribution in [0, 0.1) is 0 Å². The molecule has 0 spiro atoms. The normalized spacial score (nSPS) is 15.2. The lowest BCUT2D eigenvalue weighted by Crippen LogP contribution is -2.24. The van der Waals surface area contributed by atoms with E-state index in [1.807, 2.05) is 7.05 Å². The largest absolute Gasteiger partial charge is 0.363 e. The molecular weight excluding hydrogens is 264 g/mol. The second-order valence-electron chi connectivity index (χ2n) is 4.52. The van der Waals surface area contributed by atoms with Gasteiger partial charge in [0.2, 0.25) is 5.13 Å². The maximum absolute atomic E-state index is 4.23. The fourth-order valence-corrected chi connectivity index (χ4v) is 3.34. The molecule has 0 aromatic carbocycles. The maximum atomic E-state index is 4.23. The highest BCUT2D eigenvalue weighted by molar-refractivity contribution is 7.15. The number of hydrogen-bond donors (Lipinski definition) is 1. The molecule has 18 heavy (non-hydrogen) atoms. The van der Waals surface area contributed by atoms with Crippen molar-refractivity contribution < 1.29 is 0 Å². The SMILES string of the molecule is CNc1nnc(CN(Cc2ccsc2)C2CC2)s1. The van der Waals surface area contributed by atoms with Crippen molar-refractivity contribution in [2.75, 3.05) is 12.4 Å². The molecule has 0 radical (unpaired) electrons. The summed E-state index contributed by atoms with van der Waals surface area (Å²) < 4.78 is 0. The van der Waals surface area contributed by atoms with Gasteiger partial charge in [-0.15, -0.1) is 10.2 Å². The number of thiophene rings is 1. The van der Waals surface area contributed by atoms with Crippen LogP contribution in [0.2, 0.25) is 0 Å². The van der Waals surface area contributed by atoms with Crippen molar-refractivity contribution in [2.45, 2.75) is 32.0 Å². The molecule has 1 aliphatic rings. The highest BCUT2D eigenvalue weighted by atomic mass is 32.1. The Morgan fingerprint density at radius 3 is 2.89 bits per heavy atom. The predicted octanol–water partition coefficient (Wildman–Crippen LogP) is 2.81. The molecule has 3 rings (SSSR count). The topological polar surface area (TPSA) is 41.1 Å². The maximum Gasteiger partial charge on any atom is 0.205 e. The van der Waals surface area contributed by atoms with E-state index in [0.29, 0.717) is 0 Å². The Bertz CT molecular complexity index is 490. The molecule has 1 aliphatic carbocycles. The lowest BCUT2D eigenvalue weighted by molar-refractivity contribution is 0.245. The summed E-state index contributed by atoms with van der Waals surface area (Å²) in [4.78, 5) is 2.52. The second-order valence-corrected chi connectivity index (χ2v) is 6.36. The summed E-state index contributed by atoms with van der Waals surface area (Å²) in [6.45, 7) is 1.95. The first kappa shape index (κ1) is 12.1. The van der Waals surface area contributed by atoms with Gasteiger partial charge < -0.3 is 5.32 Å². The van der Waals surface area contributed by atoms with Gasteiger partial charge in [-0.05, 0) is 35.2 Å². The van der Waals surface area contributed by atoms with E-state index in [0.717, 1.165) is 29.3 Å². The smallest absolute Gasteiger partial charge is 0.205 e. The van der Waals surface area contributed by atoms with Gasteiger partial charge in [-0.1, -0.05) is 11.3 Å². The molecule has 96 valence electrons. The third-order valence-corrected chi connectivity index (χ3v) is 4.71. The average Bonchev–Trinajstić information content (AvgIpc) is 2.92. The quantitative estimate of drug-likeness (QED) is 0.883. The van der Waals surface area contributed by atoms with Gasteiger partial charge >= 0.3 is 0 Å². The molecular formula is C12H16N4S2. The molecule has 4 nitrogen and oxygen atoms in total. The van der Waals surface area contributed by atoms with Crippen molar-refractivity contribution in [3.8, 4) is 0 Å². The lowest BCUT2D eigenvalue weighted by Gasteiger charge is -2.19. The fourth-order valence-electron chi connectivity index (χ4n) is 1.96. The van der Waals surface area contributed by atoms with Gasteiger partial charge in [0.05, 0.1) is 6.54 Å². The van der Waals surface area contributed by atoms with E-state index in [1.165, 1.54) is 18.4 Å². The Kier molecular flexibility index (Phi) is 3.58. The van der Waals surface area contributed by atoms with E-state index in [-0.39, 0.29) is 0 Å². The van der Waals surface area contributed by atoms with Gasteiger partial charge in [-0.2, -0.15) is 11.3 Å². The number of rotatable bonds is 6. The molecule has 1 N–H and O–H groups in total. The van der Waals surface area contributed by atoms with Gasteiger partial charge in [0, 0.05) is 19.6 Å². The zero-order valence-corrected chi connectivity index (χ0v) is 11.9. The van der Waals surface area contributed by atoms with Crippen LogP contribution in [-0.2, 0) is 13.1 Å². The van der Waals surface area contributed by atoms with E-state index in [2.05, 4.69) is 37.2 Å². The summed E-state index contributed by atoms with van der Waals surface area (Å²) in [6, 6.07) is 2.95. The lowest BCUT2D eigenvalue weighted by atomic mass is 10.3. The highest BCUT2D eigenvalue weighted by Gasteiger charge is 2.29. The van der Waals surface area contributed by atoms with Crippen LogP contribution in [0.25, 0.3) is 0 Å². The van der Waals surface area contributed by atoms with E-state index >= 15 is 0 Å². The summed E-state index contributed by atoms with van der Waals surface area (Å²) in [5, 5.41) is 17.7. The van der Waals surface area contributed by atoms with Gasteiger partial charge in [0.15, 0.2) is 0 Å². The zero-order chi connectivity index (χ0) is 12.4. The molecule has 1 fully saturated rings. The van der Waals surface area contributed by atoms with Crippen LogP contribution < -0.4 is 5.32 Å². The Morgan fingerprint density at radius 1 is 1.39 bits per heavy atom. The zero-order valence-electron chi connectivity index (χ0n) is 10.3. The summed E-state index contributed by atoms with van der Waals surface area (Å²) in [6.07, 6.45) is 2.64. The minimum atomic E-state index is 0.742. The molecule has 0 unspecified atom stereocenters. The highest BCUT2D eigenvalue weighted by Crippen LogP contribution is 2.31. The third-order valence-electron chi connectivity index (χ3n) is 3.05. The summed E-state index contributed by atoms with van der Waals surface area (Å²) in [5.74, 6) is 0. The van der Waals surface area contributed by atoms with Crippen molar-refractivity contribution >= 4 is 27.8 Å². The summed E-state index contributed by atoms with van der Waals surface area (Å²) in [5.41, 5.74) is 1.41. The Labute approximate surface area is 115 Å². The molecule has 0 aliphatic heterocycles. The average molecular weight is 280 g/mol. The standard InChI is InChI=1S/C12H16N4S2/c1-13-12-15-14-11(18-12)7-16(10-2-3-10)6-9-4-5-17-8-9/h4-5,8,10H,2-3,6-7H2,1H3,(H,13,15). The van der Waals surface area contributed by atoms with Crippen LogP contribution in [0.4, 0.5) is 5.13 Å². The molecule has 0 amide bonds. The van der Waals surface area contributed by atoms with Gasteiger partial charge in [0.25, 0.3) is 0 Å². The molecule has 2 heterocycles. The monoisotopic (exact) mass is 280 g/mol. The van der Waals surface area contributed by atoms with Crippen molar-refractivity contribution in [1.82, 2.24) is 15.1 Å². The Hall–Kier alpha value is -0.980. The number of nitrogens with zero attached hydrogens (tertiary/aromatic N) is 3. The van der Waals surface area contributed by atoms with Crippen LogP contribution in [0.3, 0.4) is 0 Å². The minimum Gasteiger partial charge on any atom is -0.363 e. The first-order chi connectivity index (χ1) is 8.85. The molecule has 2 aromatic heterocycles. The van der Waals surface area contributed by atoms with E-state index < -0.39 is 0 Å². The first-order valence-corrected chi connectivity index (χ1v) is 7.86. The van der Waals surface area contributed by atoms with Crippen LogP contribution in [-0.4, -0.2) is 28.2 Å². The first-order valence-electron chi connectivity index (χ1n) is 6.10. The molecule has 1 saturated carbocycles. The number of aromatic nitrogens is 2. The molecule has 6 heteroatoms. The Balaban J connectivity index is 1.66. The fraction of sp³-hybridized carbons (Fsp3) is 0.500. The predicted molar refractivity (Wildman–Crippen MR) is 76.0 cm³/mol. The van der Waals surface area contributed by atoms with Crippen LogP contribution in [0.5, 0.6) is 0 Å². The van der Waals surface area contributed by atoms with Gasteiger partial charge in [0.1, 0.15) is 5.01 Å². The van der Waals surface area contributed by atoms with Gasteiger partial charge in [-0.25, -0.2) is 0 Å². The number of anilines is 1. The summed E-state index contributed by atoms with van der Waals surface area (Å²) in [7, 11) is 1.88. The van der Waals surface area contributed by atoms with Crippen LogP contribution in [0.15, 0.2) is 16.8 Å². The van der Waals surface area contributed by atoms with E-state index in [4.69, 9.17) is 0 Å². The Morgan fingerprint density at radius 2 is 2.28 bits per heavy atom. The molecule has 0 bridgehead atoms. The third kappa shape index (κ3) is 2.88. The minimum absolute atomic E-state index is 0.742. The molecule has 0 atom stereocenters. The van der Waals surface area contributed by atoms with Gasteiger partial charge in [-0.3, -0.25) is 4.90 Å². The van der Waals surface area contributed by atoms with E-state index in [9.17, 15) is 0 Å².